The monoisotopic (exact) mass is 628 g/mol. The van der Waals surface area contributed by atoms with Crippen LogP contribution < -0.4 is 35.6 Å². The average Bonchev–Trinajstić information content (AvgIpc) is 3.33. The minimum absolute atomic E-state index is 0.109. The zero-order valence-electron chi connectivity index (χ0n) is 27.0. The van der Waals surface area contributed by atoms with Crippen LogP contribution in [0.15, 0.2) is 53.5 Å². The molecule has 242 valence electrons. The zero-order valence-corrected chi connectivity index (χ0v) is 27.0. The van der Waals surface area contributed by atoms with Gasteiger partial charge in [0.2, 0.25) is 23.0 Å². The normalized spacial score (nSPS) is 15.0. The number of nitrogens with zero attached hydrogens (tertiary/aromatic N) is 3. The molecule has 3 unspecified atom stereocenters. The van der Waals surface area contributed by atoms with E-state index >= 15 is 0 Å². The van der Waals surface area contributed by atoms with Crippen LogP contribution in [-0.2, 0) is 22.6 Å². The summed E-state index contributed by atoms with van der Waals surface area (Å²) in [6.07, 6.45) is 3.66. The number of nitrogens with one attached hydrogen (secondary N) is 3. The largest absolute Gasteiger partial charge is 0.493 e. The van der Waals surface area contributed by atoms with Gasteiger partial charge < -0.3 is 30.2 Å². The molecule has 0 radical (unpaired) electrons. The van der Waals surface area contributed by atoms with E-state index in [4.69, 9.17) is 14.2 Å². The van der Waals surface area contributed by atoms with Crippen molar-refractivity contribution in [1.82, 2.24) is 25.2 Å². The summed E-state index contributed by atoms with van der Waals surface area (Å²) in [5.74, 6) is 1.41. The second kappa shape index (κ2) is 13.9. The first-order valence-electron chi connectivity index (χ1n) is 15.3. The summed E-state index contributed by atoms with van der Waals surface area (Å²) in [5.41, 5.74) is 3.64. The Bertz CT molecular complexity index is 1820. The van der Waals surface area contributed by atoms with Crippen molar-refractivity contribution in [3.63, 3.8) is 0 Å². The standard InChI is InChI=1S/C34H40N6O6/c1-7-19(2)31(34(43)35-18-29-39-38-28-10-8-9-15-40(28)29)37-25-14-12-22-23(17-26(25)42)24(36-20(3)41)13-11-21-16-27(44-4)32(45-5)33(46-6)30(21)22/h8-10,12,14-17,19,24,31H,7,11,13,18H2,1-6H3,(H,35,43)(H,36,41)(H,37,42). The van der Waals surface area contributed by atoms with Crippen molar-refractivity contribution < 1.29 is 23.8 Å². The quantitative estimate of drug-likeness (QED) is 0.224. The van der Waals surface area contributed by atoms with E-state index in [1.54, 1.807) is 27.4 Å². The van der Waals surface area contributed by atoms with Crippen molar-refractivity contribution in [2.45, 2.75) is 58.7 Å². The maximum atomic E-state index is 13.9. The second-order valence-electron chi connectivity index (χ2n) is 11.4. The molecule has 12 nitrogen and oxygen atoms in total. The lowest BCUT2D eigenvalue weighted by atomic mass is 9.95. The Morgan fingerprint density at radius 2 is 1.83 bits per heavy atom. The van der Waals surface area contributed by atoms with Crippen molar-refractivity contribution >= 4 is 23.1 Å². The summed E-state index contributed by atoms with van der Waals surface area (Å²) >= 11 is 0. The van der Waals surface area contributed by atoms with Crippen molar-refractivity contribution in [3.8, 4) is 28.4 Å². The third-order valence-corrected chi connectivity index (χ3v) is 8.53. The number of aromatic nitrogens is 3. The molecule has 3 atom stereocenters. The maximum Gasteiger partial charge on any atom is 0.243 e. The summed E-state index contributed by atoms with van der Waals surface area (Å²) in [5, 5.41) is 17.6. The van der Waals surface area contributed by atoms with E-state index in [1.807, 2.05) is 54.8 Å². The molecule has 2 heterocycles. The Morgan fingerprint density at radius 3 is 2.52 bits per heavy atom. The summed E-state index contributed by atoms with van der Waals surface area (Å²) in [4.78, 5) is 39.8. The number of fused-ring (bicyclic) bond motifs is 4. The number of amides is 2. The van der Waals surface area contributed by atoms with E-state index in [1.165, 1.54) is 13.0 Å². The van der Waals surface area contributed by atoms with E-state index in [9.17, 15) is 14.4 Å². The van der Waals surface area contributed by atoms with Crippen molar-refractivity contribution in [2.75, 3.05) is 26.6 Å². The lowest BCUT2D eigenvalue weighted by Crippen LogP contribution is -2.44. The molecule has 0 saturated heterocycles. The molecule has 3 N–H and O–H groups in total. The third kappa shape index (κ3) is 6.33. The highest BCUT2D eigenvalue weighted by molar-refractivity contribution is 5.86. The Labute approximate surface area is 267 Å². The van der Waals surface area contributed by atoms with Gasteiger partial charge >= 0.3 is 0 Å². The maximum absolute atomic E-state index is 13.9. The van der Waals surface area contributed by atoms with E-state index in [0.29, 0.717) is 59.1 Å². The Hall–Kier alpha value is -5.13. The minimum atomic E-state index is -0.712. The van der Waals surface area contributed by atoms with Gasteiger partial charge in [-0.2, -0.15) is 0 Å². The van der Waals surface area contributed by atoms with Crippen LogP contribution in [0.4, 0.5) is 5.69 Å². The molecule has 0 spiro atoms. The van der Waals surface area contributed by atoms with E-state index in [0.717, 1.165) is 11.1 Å². The molecule has 2 amide bonds. The van der Waals surface area contributed by atoms with Gasteiger partial charge in [-0.1, -0.05) is 32.4 Å². The first kappa shape index (κ1) is 32.3. The molecule has 0 fully saturated rings. The molecular formula is C34H40N6O6. The number of anilines is 1. The smallest absolute Gasteiger partial charge is 0.243 e. The van der Waals surface area contributed by atoms with Crippen LogP contribution in [-0.4, -0.2) is 53.8 Å². The fourth-order valence-corrected chi connectivity index (χ4v) is 5.98. The number of hydrogen-bond acceptors (Lipinski definition) is 9. The summed E-state index contributed by atoms with van der Waals surface area (Å²) in [7, 11) is 4.66. The average molecular weight is 629 g/mol. The number of carbonyl (C=O) groups excluding carboxylic acids is 2. The summed E-state index contributed by atoms with van der Waals surface area (Å²) in [6, 6.07) is 11.4. The van der Waals surface area contributed by atoms with Gasteiger partial charge in [-0.25, -0.2) is 0 Å². The first-order valence-corrected chi connectivity index (χ1v) is 15.3. The predicted molar refractivity (Wildman–Crippen MR) is 174 cm³/mol. The fourth-order valence-electron chi connectivity index (χ4n) is 5.98. The van der Waals surface area contributed by atoms with E-state index in [2.05, 4.69) is 26.1 Å². The van der Waals surface area contributed by atoms with Gasteiger partial charge in [0.25, 0.3) is 0 Å². The molecule has 4 aromatic rings. The van der Waals surface area contributed by atoms with Crippen LogP contribution in [0.1, 0.15) is 56.6 Å². The number of benzene rings is 1. The predicted octanol–water partition coefficient (Wildman–Crippen LogP) is 4.05. The fraction of sp³-hybridized carbons (Fsp3) is 0.382. The summed E-state index contributed by atoms with van der Waals surface area (Å²) < 4.78 is 19.0. The molecule has 46 heavy (non-hydrogen) atoms. The molecular weight excluding hydrogens is 588 g/mol. The highest BCUT2D eigenvalue weighted by atomic mass is 16.5. The number of hydrogen-bond donors (Lipinski definition) is 3. The molecule has 1 aliphatic rings. The number of methoxy groups -OCH3 is 3. The minimum Gasteiger partial charge on any atom is -0.493 e. The molecule has 12 heteroatoms. The van der Waals surface area contributed by atoms with Crippen LogP contribution in [0.25, 0.3) is 16.8 Å². The topological polar surface area (TPSA) is 145 Å². The van der Waals surface area contributed by atoms with Crippen LogP contribution >= 0.6 is 0 Å². The number of rotatable bonds is 11. The van der Waals surface area contributed by atoms with Gasteiger partial charge in [0.15, 0.2) is 23.0 Å². The molecule has 2 aromatic heterocycles. The molecule has 1 aliphatic carbocycles. The number of aryl methyl sites for hydroxylation is 1. The van der Waals surface area contributed by atoms with Crippen molar-refractivity contribution in [3.05, 3.63) is 75.8 Å². The second-order valence-corrected chi connectivity index (χ2v) is 11.4. The number of ether oxygens (including phenoxy) is 3. The third-order valence-electron chi connectivity index (χ3n) is 8.53. The molecule has 0 saturated carbocycles. The van der Waals surface area contributed by atoms with Crippen LogP contribution in [0.5, 0.6) is 17.2 Å². The van der Waals surface area contributed by atoms with Gasteiger partial charge in [-0.05, 0) is 65.8 Å². The van der Waals surface area contributed by atoms with Gasteiger partial charge in [-0.15, -0.1) is 10.2 Å². The molecule has 0 bridgehead atoms. The zero-order chi connectivity index (χ0) is 33.0. The highest BCUT2D eigenvalue weighted by Gasteiger charge is 2.30. The van der Waals surface area contributed by atoms with Gasteiger partial charge in [0.1, 0.15) is 6.04 Å². The Kier molecular flexibility index (Phi) is 9.74. The lowest BCUT2D eigenvalue weighted by Gasteiger charge is -2.24. The molecule has 0 aliphatic heterocycles. The van der Waals surface area contributed by atoms with Gasteiger partial charge in [0.05, 0.1) is 39.6 Å². The van der Waals surface area contributed by atoms with Crippen molar-refractivity contribution in [1.29, 1.82) is 0 Å². The Balaban J connectivity index is 1.56. The lowest BCUT2D eigenvalue weighted by molar-refractivity contribution is -0.123. The van der Waals surface area contributed by atoms with Crippen molar-refractivity contribution in [2.24, 2.45) is 5.92 Å². The van der Waals surface area contributed by atoms with E-state index in [-0.39, 0.29) is 35.4 Å². The van der Waals surface area contributed by atoms with Crippen LogP contribution in [0, 0.1) is 5.92 Å². The number of pyridine rings is 1. The SMILES string of the molecule is CCC(C)C(Nc1ccc2c(cc1=O)C(NC(C)=O)CCc1cc(OC)c(OC)c(OC)c1-2)C(=O)NCc1nnc2ccccn12. The number of carbonyl (C=O) groups is 2. The first-order chi connectivity index (χ1) is 22.2. The van der Waals surface area contributed by atoms with Crippen LogP contribution in [0.3, 0.4) is 0 Å². The molecule has 2 aromatic carbocycles. The molecule has 5 rings (SSSR count). The van der Waals surface area contributed by atoms with Gasteiger partial charge in [-0.3, -0.25) is 18.8 Å². The van der Waals surface area contributed by atoms with Gasteiger partial charge in [0, 0.05) is 18.7 Å². The Morgan fingerprint density at radius 1 is 1.04 bits per heavy atom. The highest BCUT2D eigenvalue weighted by Crippen LogP contribution is 2.50. The van der Waals surface area contributed by atoms with Crippen LogP contribution in [0.2, 0.25) is 0 Å². The summed E-state index contributed by atoms with van der Waals surface area (Å²) in [6.45, 7) is 5.57. The van der Waals surface area contributed by atoms with E-state index < -0.39 is 12.1 Å².